The third-order valence-corrected chi connectivity index (χ3v) is 8.01. The fourth-order valence-electron chi connectivity index (χ4n) is 5.82. The summed E-state index contributed by atoms with van der Waals surface area (Å²) in [6.07, 6.45) is 8.71. The predicted octanol–water partition coefficient (Wildman–Crippen LogP) is 6.34. The summed E-state index contributed by atoms with van der Waals surface area (Å²) in [6.45, 7) is 7.28. The highest BCUT2D eigenvalue weighted by Crippen LogP contribution is 2.35. The molecule has 2 aliphatic rings. The zero-order valence-corrected chi connectivity index (χ0v) is 22.4. The van der Waals surface area contributed by atoms with E-state index in [9.17, 15) is 4.79 Å². The lowest BCUT2D eigenvalue weighted by Crippen LogP contribution is -2.34. The van der Waals surface area contributed by atoms with Gasteiger partial charge < -0.3 is 15.5 Å². The first kappa shape index (κ1) is 24.4. The second kappa shape index (κ2) is 10.1. The number of para-hydroxylation sites is 1. The number of aryl methyl sites for hydroxylation is 2. The van der Waals surface area contributed by atoms with Crippen molar-refractivity contribution in [1.82, 2.24) is 24.6 Å². The van der Waals surface area contributed by atoms with Crippen molar-refractivity contribution in [2.75, 3.05) is 17.2 Å². The molecule has 8 nitrogen and oxygen atoms in total. The van der Waals surface area contributed by atoms with Crippen LogP contribution in [0.2, 0.25) is 0 Å². The Morgan fingerprint density at radius 1 is 1.00 bits per heavy atom. The lowest BCUT2D eigenvalue weighted by Gasteiger charge is -2.28. The van der Waals surface area contributed by atoms with Gasteiger partial charge in [-0.15, -0.1) is 0 Å². The Bertz CT molecular complexity index is 1480. The second-order valence-electron chi connectivity index (χ2n) is 10.7. The van der Waals surface area contributed by atoms with E-state index < -0.39 is 0 Å². The summed E-state index contributed by atoms with van der Waals surface area (Å²) in [4.78, 5) is 23.5. The van der Waals surface area contributed by atoms with Crippen molar-refractivity contribution in [3.05, 3.63) is 64.8 Å². The number of rotatable bonds is 5. The number of nitrogens with zero attached hydrogens (tertiary/aromatic N) is 5. The Morgan fingerprint density at radius 2 is 1.79 bits per heavy atom. The number of nitrogens with one attached hydrogen (secondary N) is 2. The fraction of sp³-hybridized carbons (Fsp3) is 0.400. The molecule has 196 valence electrons. The predicted molar refractivity (Wildman–Crippen MR) is 151 cm³/mol. The molecule has 2 aromatic carbocycles. The molecule has 8 heteroatoms. The van der Waals surface area contributed by atoms with Crippen molar-refractivity contribution in [3.63, 3.8) is 0 Å². The number of hydrogen-bond acceptors (Lipinski definition) is 6. The monoisotopic (exact) mass is 509 g/mol. The quantitative estimate of drug-likeness (QED) is 0.326. The molecule has 0 atom stereocenters. The van der Waals surface area contributed by atoms with Gasteiger partial charge in [-0.2, -0.15) is 10.1 Å². The normalized spacial score (nSPS) is 15.9. The third kappa shape index (κ3) is 4.71. The smallest absolute Gasteiger partial charge is 0.229 e. The molecule has 38 heavy (non-hydrogen) atoms. The van der Waals surface area contributed by atoms with Crippen LogP contribution in [0.3, 0.4) is 0 Å². The summed E-state index contributed by atoms with van der Waals surface area (Å²) in [6, 6.07) is 13.0. The van der Waals surface area contributed by atoms with Gasteiger partial charge in [0.15, 0.2) is 11.5 Å². The van der Waals surface area contributed by atoms with Gasteiger partial charge in [-0.05, 0) is 67.5 Å². The third-order valence-electron chi connectivity index (χ3n) is 8.01. The maximum Gasteiger partial charge on any atom is 0.229 e. The maximum atomic E-state index is 11.9. The van der Waals surface area contributed by atoms with Crippen molar-refractivity contribution in [2.45, 2.75) is 71.9 Å². The standard InChI is InChI=1S/C30H35N7O/c1-19-8-7-9-20(2)27(19)33-28-26-17-31-30(34-29(26)37(35-28)25-10-5-4-6-11-25)32-24-13-12-22-14-15-36(21(3)38)18-23(22)16-24/h7-9,12-13,16-17,25H,4-6,10-11,14-15,18H2,1-3H3,(H,33,35)(H,31,32,34). The van der Waals surface area contributed by atoms with Crippen LogP contribution in [0.1, 0.15) is 67.3 Å². The number of amides is 1. The van der Waals surface area contributed by atoms with Crippen LogP contribution in [0.4, 0.5) is 23.1 Å². The first-order valence-corrected chi connectivity index (χ1v) is 13.7. The summed E-state index contributed by atoms with van der Waals surface area (Å²) in [5.41, 5.74) is 7.68. The molecule has 1 aliphatic carbocycles. The van der Waals surface area contributed by atoms with Gasteiger partial charge in [0, 0.05) is 37.6 Å². The van der Waals surface area contributed by atoms with Gasteiger partial charge in [0.25, 0.3) is 0 Å². The zero-order valence-electron chi connectivity index (χ0n) is 22.4. The fourth-order valence-corrected chi connectivity index (χ4v) is 5.82. The van der Waals surface area contributed by atoms with E-state index in [1.165, 1.54) is 41.5 Å². The molecule has 2 aromatic heterocycles. The molecule has 3 heterocycles. The molecular weight excluding hydrogens is 474 g/mol. The Labute approximate surface area is 223 Å². The molecule has 0 radical (unpaired) electrons. The molecule has 4 aromatic rings. The molecule has 1 amide bonds. The van der Waals surface area contributed by atoms with Gasteiger partial charge in [-0.25, -0.2) is 9.67 Å². The van der Waals surface area contributed by atoms with Crippen LogP contribution < -0.4 is 10.6 Å². The SMILES string of the molecule is CC(=O)N1CCc2ccc(Nc3ncc4c(Nc5c(C)cccc5C)nn(C5CCCCC5)c4n3)cc2C1. The lowest BCUT2D eigenvalue weighted by atomic mass is 9.96. The van der Waals surface area contributed by atoms with Crippen LogP contribution in [-0.2, 0) is 17.8 Å². The van der Waals surface area contributed by atoms with Crippen molar-refractivity contribution in [1.29, 1.82) is 0 Å². The van der Waals surface area contributed by atoms with Gasteiger partial charge >= 0.3 is 0 Å². The highest BCUT2D eigenvalue weighted by Gasteiger charge is 2.23. The first-order valence-electron chi connectivity index (χ1n) is 13.7. The van der Waals surface area contributed by atoms with Gasteiger partial charge in [-0.3, -0.25) is 4.79 Å². The molecular formula is C30H35N7O. The summed E-state index contributed by atoms with van der Waals surface area (Å²) in [7, 11) is 0. The van der Waals surface area contributed by atoms with Crippen molar-refractivity contribution in [2.24, 2.45) is 0 Å². The minimum Gasteiger partial charge on any atom is -0.338 e. The average molecular weight is 510 g/mol. The number of carbonyl (C=O) groups is 1. The Balaban J connectivity index is 1.34. The highest BCUT2D eigenvalue weighted by atomic mass is 16.2. The molecule has 0 saturated heterocycles. The number of hydrogen-bond donors (Lipinski definition) is 2. The average Bonchev–Trinajstić information content (AvgIpc) is 3.28. The van der Waals surface area contributed by atoms with Gasteiger partial charge in [0.2, 0.25) is 11.9 Å². The molecule has 2 N–H and O–H groups in total. The summed E-state index contributed by atoms with van der Waals surface area (Å²) in [5, 5.41) is 13.0. The highest BCUT2D eigenvalue weighted by molar-refractivity contribution is 5.90. The number of anilines is 4. The second-order valence-corrected chi connectivity index (χ2v) is 10.7. The molecule has 1 aliphatic heterocycles. The molecule has 0 bridgehead atoms. The van der Waals surface area contributed by atoms with Crippen molar-refractivity contribution in [3.8, 4) is 0 Å². The van der Waals surface area contributed by atoms with Crippen molar-refractivity contribution >= 4 is 40.1 Å². The number of fused-ring (bicyclic) bond motifs is 2. The molecule has 1 saturated carbocycles. The summed E-state index contributed by atoms with van der Waals surface area (Å²) in [5.74, 6) is 1.46. The molecule has 6 rings (SSSR count). The lowest BCUT2D eigenvalue weighted by molar-refractivity contribution is -0.129. The first-order chi connectivity index (χ1) is 18.5. The van der Waals surface area contributed by atoms with Gasteiger partial charge in [-0.1, -0.05) is 43.5 Å². The van der Waals surface area contributed by atoms with Crippen LogP contribution in [0.15, 0.2) is 42.6 Å². The van der Waals surface area contributed by atoms with E-state index in [1.54, 1.807) is 6.92 Å². The van der Waals surface area contributed by atoms with Crippen LogP contribution in [0, 0.1) is 13.8 Å². The Kier molecular flexibility index (Phi) is 6.47. The largest absolute Gasteiger partial charge is 0.338 e. The molecule has 0 spiro atoms. The van der Waals surface area contributed by atoms with E-state index in [1.807, 2.05) is 11.1 Å². The minimum atomic E-state index is 0.115. The zero-order chi connectivity index (χ0) is 26.2. The van der Waals surface area contributed by atoms with Crippen LogP contribution in [0.5, 0.6) is 0 Å². The Hall–Kier alpha value is -3.94. The molecule has 1 fully saturated rings. The Morgan fingerprint density at radius 3 is 2.55 bits per heavy atom. The van der Waals surface area contributed by atoms with E-state index in [-0.39, 0.29) is 5.91 Å². The number of aromatic nitrogens is 4. The topological polar surface area (TPSA) is 88.0 Å². The van der Waals surface area contributed by atoms with E-state index >= 15 is 0 Å². The minimum absolute atomic E-state index is 0.115. The number of carbonyl (C=O) groups excluding carboxylic acids is 1. The number of benzene rings is 2. The summed E-state index contributed by atoms with van der Waals surface area (Å²) < 4.78 is 2.12. The van der Waals surface area contributed by atoms with Crippen LogP contribution >= 0.6 is 0 Å². The van der Waals surface area contributed by atoms with Crippen molar-refractivity contribution < 1.29 is 4.79 Å². The van der Waals surface area contributed by atoms with E-state index in [2.05, 4.69) is 70.5 Å². The van der Waals surface area contributed by atoms with E-state index in [4.69, 9.17) is 10.1 Å². The van der Waals surface area contributed by atoms with E-state index in [0.29, 0.717) is 18.5 Å². The van der Waals surface area contributed by atoms with Crippen LogP contribution in [-0.4, -0.2) is 37.1 Å². The van der Waals surface area contributed by atoms with E-state index in [0.717, 1.165) is 54.0 Å². The maximum absolute atomic E-state index is 11.9. The van der Waals surface area contributed by atoms with Gasteiger partial charge in [0.05, 0.1) is 11.4 Å². The summed E-state index contributed by atoms with van der Waals surface area (Å²) >= 11 is 0. The molecule has 0 unspecified atom stereocenters. The van der Waals surface area contributed by atoms with Crippen LogP contribution in [0.25, 0.3) is 11.0 Å². The van der Waals surface area contributed by atoms with Gasteiger partial charge in [0.1, 0.15) is 0 Å².